The molecule has 0 spiro atoms. The van der Waals surface area contributed by atoms with Crippen LogP contribution < -0.4 is 4.74 Å². The summed E-state index contributed by atoms with van der Waals surface area (Å²) in [5, 5.41) is 0. The van der Waals surface area contributed by atoms with E-state index in [0.29, 0.717) is 23.3 Å². The zero-order chi connectivity index (χ0) is 23.1. The maximum Gasteiger partial charge on any atom is 0.321 e. The topological polar surface area (TPSA) is 80.7 Å². The van der Waals surface area contributed by atoms with Crippen LogP contribution >= 0.6 is 0 Å². The van der Waals surface area contributed by atoms with Crippen LogP contribution in [-0.2, 0) is 14.9 Å². The first-order chi connectivity index (χ1) is 13.6. The number of benzene rings is 1. The van der Waals surface area contributed by atoms with Crippen LogP contribution in [0, 0.1) is 10.8 Å². The van der Waals surface area contributed by atoms with Gasteiger partial charge in [-0.2, -0.15) is 8.42 Å². The smallest absolute Gasteiger partial charge is 0.321 e. The van der Waals surface area contributed by atoms with Crippen molar-refractivity contribution in [1.29, 1.82) is 0 Å². The van der Waals surface area contributed by atoms with E-state index < -0.39 is 21.5 Å². The quantitative estimate of drug-likeness (QED) is 0.348. The lowest BCUT2D eigenvalue weighted by molar-refractivity contribution is -0.142. The summed E-state index contributed by atoms with van der Waals surface area (Å²) >= 11 is 0. The molecule has 0 fully saturated rings. The van der Waals surface area contributed by atoms with Gasteiger partial charge in [0.15, 0.2) is 0 Å². The first-order valence-corrected chi connectivity index (χ1v) is 11.8. The van der Waals surface area contributed by atoms with Crippen molar-refractivity contribution in [1.82, 2.24) is 0 Å². The number of hydrogen-bond acceptors (Lipinski definition) is 4. The molecule has 0 amide bonds. The van der Waals surface area contributed by atoms with E-state index in [-0.39, 0.29) is 22.1 Å². The van der Waals surface area contributed by atoms with Crippen molar-refractivity contribution in [2.45, 2.75) is 78.5 Å². The van der Waals surface area contributed by atoms with Gasteiger partial charge >= 0.3 is 5.97 Å². The number of carbonyl (C=O) groups is 1. The first-order valence-electron chi connectivity index (χ1n) is 10.3. The molecule has 0 radical (unpaired) electrons. The van der Waals surface area contributed by atoms with Gasteiger partial charge in [0.1, 0.15) is 10.6 Å². The Morgan fingerprint density at radius 2 is 1.60 bits per heavy atom. The van der Waals surface area contributed by atoms with Crippen LogP contribution in [0.15, 0.2) is 40.8 Å². The molecule has 1 unspecified atom stereocenters. The van der Waals surface area contributed by atoms with Gasteiger partial charge in [-0.1, -0.05) is 66.7 Å². The molecule has 6 heteroatoms. The van der Waals surface area contributed by atoms with Crippen LogP contribution in [0.1, 0.15) is 84.8 Å². The molecule has 1 aromatic carbocycles. The van der Waals surface area contributed by atoms with Gasteiger partial charge in [0, 0.05) is 0 Å². The largest absolute Gasteiger partial charge is 0.426 e. The zero-order valence-electron chi connectivity index (χ0n) is 19.2. The molecule has 1 aliphatic carbocycles. The highest BCUT2D eigenvalue weighted by molar-refractivity contribution is 7.86. The summed E-state index contributed by atoms with van der Waals surface area (Å²) in [5.41, 5.74) is 1.25. The van der Waals surface area contributed by atoms with Gasteiger partial charge < -0.3 is 4.74 Å². The Bertz CT molecular complexity index is 962. The van der Waals surface area contributed by atoms with Crippen molar-refractivity contribution in [3.63, 3.8) is 0 Å². The monoisotopic (exact) mass is 434 g/mol. The van der Waals surface area contributed by atoms with Gasteiger partial charge in [-0.05, 0) is 59.4 Å². The molecule has 1 N–H and O–H groups in total. The Hall–Kier alpha value is -1.92. The second-order valence-electron chi connectivity index (χ2n) is 9.97. The number of hydrogen-bond donors (Lipinski definition) is 1. The summed E-state index contributed by atoms with van der Waals surface area (Å²) in [4.78, 5) is 12.9. The van der Waals surface area contributed by atoms with Gasteiger partial charge in [-0.25, -0.2) is 0 Å². The molecule has 0 saturated heterocycles. The van der Waals surface area contributed by atoms with Crippen LogP contribution in [-0.4, -0.2) is 18.9 Å². The average molecular weight is 435 g/mol. The molecule has 5 nitrogen and oxygen atoms in total. The van der Waals surface area contributed by atoms with E-state index in [2.05, 4.69) is 26.8 Å². The van der Waals surface area contributed by atoms with E-state index in [1.54, 1.807) is 12.1 Å². The molecule has 0 aromatic heterocycles. The van der Waals surface area contributed by atoms with Crippen LogP contribution in [0.5, 0.6) is 5.75 Å². The first kappa shape index (κ1) is 24.4. The maximum absolute atomic E-state index is 13.0. The van der Waals surface area contributed by atoms with Crippen LogP contribution in [0.3, 0.4) is 0 Å². The van der Waals surface area contributed by atoms with E-state index in [4.69, 9.17) is 4.74 Å². The third kappa shape index (κ3) is 5.22. The fraction of sp³-hybridized carbons (Fsp3) is 0.542. The Kier molecular flexibility index (Phi) is 6.74. The molecule has 1 atom stereocenters. The fourth-order valence-corrected chi connectivity index (χ4v) is 4.71. The normalized spacial score (nSPS) is 19.9. The fourth-order valence-electron chi connectivity index (χ4n) is 3.52. The lowest BCUT2D eigenvalue weighted by Gasteiger charge is -2.30. The van der Waals surface area contributed by atoms with Gasteiger partial charge in [-0.15, -0.1) is 0 Å². The number of allylic oxidation sites excluding steroid dienone is 3. The van der Waals surface area contributed by atoms with Crippen molar-refractivity contribution in [3.05, 3.63) is 47.1 Å². The van der Waals surface area contributed by atoms with Crippen LogP contribution in [0.25, 0.3) is 0 Å². The Morgan fingerprint density at radius 1 is 1.10 bits per heavy atom. The minimum absolute atomic E-state index is 0.00564. The van der Waals surface area contributed by atoms with E-state index in [1.807, 2.05) is 46.8 Å². The Balaban J connectivity index is 2.43. The number of ether oxygens (including phenoxy) is 1. The van der Waals surface area contributed by atoms with E-state index >= 15 is 0 Å². The SMILES string of the molecule is CC(C)c1cc(OC(=O)C2(C)C=CC(C(C)(C)C)=CC2)cc(C(C)C)c1S(=O)(=O)O. The second kappa shape index (κ2) is 8.31. The molecule has 0 saturated carbocycles. The lowest BCUT2D eigenvalue weighted by atomic mass is 9.76. The van der Waals surface area contributed by atoms with Gasteiger partial charge in [0.2, 0.25) is 0 Å². The summed E-state index contributed by atoms with van der Waals surface area (Å²) in [5.74, 6) is -0.465. The standard InChI is InChI=1S/C24H34O5S/c1-15(2)19-13-18(14-20(16(3)4)21(19)30(26,27)28)29-22(25)24(8)11-9-17(10-12-24)23(5,6)7/h9-11,13-16H,12H2,1-8H3,(H,26,27,28). The second-order valence-corrected chi connectivity index (χ2v) is 11.3. The third-order valence-corrected chi connectivity index (χ3v) is 6.53. The molecular weight excluding hydrogens is 400 g/mol. The highest BCUT2D eigenvalue weighted by atomic mass is 32.2. The molecule has 0 aliphatic heterocycles. The van der Waals surface area contributed by atoms with Crippen LogP contribution in [0.2, 0.25) is 0 Å². The molecule has 0 bridgehead atoms. The summed E-state index contributed by atoms with van der Waals surface area (Å²) < 4.78 is 39.7. The number of rotatable bonds is 5. The van der Waals surface area contributed by atoms with E-state index in [9.17, 15) is 17.8 Å². The van der Waals surface area contributed by atoms with Crippen molar-refractivity contribution >= 4 is 16.1 Å². The van der Waals surface area contributed by atoms with E-state index in [0.717, 1.165) is 0 Å². The molecular formula is C24H34O5S. The molecule has 1 aromatic rings. The van der Waals surface area contributed by atoms with E-state index in [1.165, 1.54) is 5.57 Å². The number of esters is 1. The summed E-state index contributed by atoms with van der Waals surface area (Å²) in [6, 6.07) is 3.09. The van der Waals surface area contributed by atoms with Crippen molar-refractivity contribution < 1.29 is 22.5 Å². The maximum atomic E-state index is 13.0. The summed E-state index contributed by atoms with van der Waals surface area (Å²) in [6.45, 7) is 15.6. The predicted octanol–water partition coefficient (Wildman–Crippen LogP) is 6.02. The Labute approximate surface area is 181 Å². The molecule has 1 aliphatic rings. The highest BCUT2D eigenvalue weighted by Crippen LogP contribution is 2.39. The van der Waals surface area contributed by atoms with Crippen molar-refractivity contribution in [2.24, 2.45) is 10.8 Å². The van der Waals surface area contributed by atoms with Crippen molar-refractivity contribution in [3.8, 4) is 5.75 Å². The minimum Gasteiger partial charge on any atom is -0.426 e. The summed E-state index contributed by atoms with van der Waals surface area (Å²) in [6.07, 6.45) is 6.47. The average Bonchev–Trinajstić information content (AvgIpc) is 2.59. The molecule has 166 valence electrons. The highest BCUT2D eigenvalue weighted by Gasteiger charge is 2.35. The minimum atomic E-state index is -4.41. The van der Waals surface area contributed by atoms with Gasteiger partial charge in [0.25, 0.3) is 10.1 Å². The lowest BCUT2D eigenvalue weighted by Crippen LogP contribution is -2.32. The summed E-state index contributed by atoms with van der Waals surface area (Å²) in [7, 11) is -4.41. The predicted molar refractivity (Wildman–Crippen MR) is 119 cm³/mol. The zero-order valence-corrected chi connectivity index (χ0v) is 20.1. The third-order valence-electron chi connectivity index (χ3n) is 5.54. The number of carbonyl (C=O) groups excluding carboxylic acids is 1. The van der Waals surface area contributed by atoms with Crippen LogP contribution in [0.4, 0.5) is 0 Å². The molecule has 2 rings (SSSR count). The van der Waals surface area contributed by atoms with Gasteiger partial charge in [0.05, 0.1) is 5.41 Å². The van der Waals surface area contributed by atoms with Crippen molar-refractivity contribution in [2.75, 3.05) is 0 Å². The Morgan fingerprint density at radius 3 is 1.93 bits per heavy atom. The van der Waals surface area contributed by atoms with Gasteiger partial charge in [-0.3, -0.25) is 9.35 Å². The molecule has 30 heavy (non-hydrogen) atoms. The molecule has 0 heterocycles.